The molecular weight excluding hydrogens is 268 g/mol. The fourth-order valence-corrected chi connectivity index (χ4v) is 1.52. The lowest BCUT2D eigenvalue weighted by Crippen LogP contribution is -2.19. The standard InChI is InChI=1S/C12H9ClN4O2/c13-10-6-15-9(5-16-10)12(19)17-8-4-2-1-3-7(8)11(14)18/h1-6H,(H2,14,18)(H,17,19). The highest BCUT2D eigenvalue weighted by Crippen LogP contribution is 2.15. The molecule has 0 radical (unpaired) electrons. The minimum atomic E-state index is -0.627. The second kappa shape index (κ2) is 5.45. The molecule has 6 nitrogen and oxygen atoms in total. The van der Waals surface area contributed by atoms with Gasteiger partial charge in [-0.15, -0.1) is 0 Å². The van der Waals surface area contributed by atoms with E-state index in [-0.39, 0.29) is 16.4 Å². The summed E-state index contributed by atoms with van der Waals surface area (Å²) in [6.45, 7) is 0. The average Bonchev–Trinajstić information content (AvgIpc) is 2.39. The summed E-state index contributed by atoms with van der Waals surface area (Å²) < 4.78 is 0. The first-order valence-corrected chi connectivity index (χ1v) is 5.63. The maximum atomic E-state index is 11.9. The number of amides is 2. The Hall–Kier alpha value is -2.47. The number of nitrogens with one attached hydrogen (secondary N) is 1. The molecule has 7 heteroatoms. The average molecular weight is 277 g/mol. The number of hydrogen-bond acceptors (Lipinski definition) is 4. The van der Waals surface area contributed by atoms with E-state index < -0.39 is 11.8 Å². The van der Waals surface area contributed by atoms with Crippen LogP contribution in [0.15, 0.2) is 36.7 Å². The smallest absolute Gasteiger partial charge is 0.275 e. The molecule has 3 N–H and O–H groups in total. The van der Waals surface area contributed by atoms with Gasteiger partial charge in [-0.25, -0.2) is 9.97 Å². The van der Waals surface area contributed by atoms with Crippen molar-refractivity contribution in [3.05, 3.63) is 53.1 Å². The summed E-state index contributed by atoms with van der Waals surface area (Å²) >= 11 is 5.58. The highest BCUT2D eigenvalue weighted by molar-refractivity contribution is 6.29. The van der Waals surface area contributed by atoms with Crippen molar-refractivity contribution in [2.75, 3.05) is 5.32 Å². The molecule has 0 unspecified atom stereocenters. The van der Waals surface area contributed by atoms with Crippen LogP contribution in [0.2, 0.25) is 5.15 Å². The van der Waals surface area contributed by atoms with Crippen molar-refractivity contribution in [2.45, 2.75) is 0 Å². The number of rotatable bonds is 3. The van der Waals surface area contributed by atoms with Crippen molar-refractivity contribution in [3.8, 4) is 0 Å². The number of primary amides is 1. The van der Waals surface area contributed by atoms with Gasteiger partial charge in [-0.3, -0.25) is 9.59 Å². The predicted molar refractivity (Wildman–Crippen MR) is 70.0 cm³/mol. The van der Waals surface area contributed by atoms with E-state index in [9.17, 15) is 9.59 Å². The van der Waals surface area contributed by atoms with Crippen molar-refractivity contribution in [1.82, 2.24) is 9.97 Å². The van der Waals surface area contributed by atoms with E-state index in [1.54, 1.807) is 18.2 Å². The Labute approximate surface area is 113 Å². The van der Waals surface area contributed by atoms with Gasteiger partial charge in [-0.1, -0.05) is 23.7 Å². The zero-order chi connectivity index (χ0) is 13.8. The van der Waals surface area contributed by atoms with Crippen LogP contribution in [0.3, 0.4) is 0 Å². The molecule has 0 spiro atoms. The van der Waals surface area contributed by atoms with Gasteiger partial charge < -0.3 is 11.1 Å². The van der Waals surface area contributed by atoms with Crippen LogP contribution < -0.4 is 11.1 Å². The Morgan fingerprint density at radius 2 is 1.89 bits per heavy atom. The van der Waals surface area contributed by atoms with E-state index >= 15 is 0 Å². The molecule has 1 heterocycles. The highest BCUT2D eigenvalue weighted by Gasteiger charge is 2.12. The fraction of sp³-hybridized carbons (Fsp3) is 0. The third-order valence-electron chi connectivity index (χ3n) is 2.29. The van der Waals surface area contributed by atoms with E-state index in [0.29, 0.717) is 5.69 Å². The van der Waals surface area contributed by atoms with E-state index in [2.05, 4.69) is 15.3 Å². The predicted octanol–water partition coefficient (Wildman–Crippen LogP) is 1.48. The van der Waals surface area contributed by atoms with E-state index in [0.717, 1.165) is 0 Å². The molecule has 0 fully saturated rings. The second-order valence-electron chi connectivity index (χ2n) is 3.59. The minimum Gasteiger partial charge on any atom is -0.366 e. The van der Waals surface area contributed by atoms with Crippen molar-refractivity contribution in [3.63, 3.8) is 0 Å². The van der Waals surface area contributed by atoms with Gasteiger partial charge in [0.1, 0.15) is 10.8 Å². The van der Waals surface area contributed by atoms with Gasteiger partial charge in [0.05, 0.1) is 23.6 Å². The Kier molecular flexibility index (Phi) is 3.72. The van der Waals surface area contributed by atoms with Crippen LogP contribution in [-0.2, 0) is 0 Å². The molecule has 0 aliphatic rings. The van der Waals surface area contributed by atoms with E-state index in [1.165, 1.54) is 18.5 Å². The maximum absolute atomic E-state index is 11.9. The molecule has 2 aromatic rings. The van der Waals surface area contributed by atoms with E-state index in [4.69, 9.17) is 17.3 Å². The topological polar surface area (TPSA) is 98.0 Å². The molecule has 2 rings (SSSR count). The molecule has 1 aromatic heterocycles. The van der Waals surface area contributed by atoms with Crippen LogP contribution in [0.1, 0.15) is 20.8 Å². The monoisotopic (exact) mass is 276 g/mol. The van der Waals surface area contributed by atoms with Crippen LogP contribution in [0.25, 0.3) is 0 Å². The summed E-state index contributed by atoms with van der Waals surface area (Å²) in [5.74, 6) is -1.13. The normalized spacial score (nSPS) is 9.95. The molecule has 0 aliphatic carbocycles. The van der Waals surface area contributed by atoms with Crippen LogP contribution in [0.5, 0.6) is 0 Å². The van der Waals surface area contributed by atoms with Crippen LogP contribution in [0.4, 0.5) is 5.69 Å². The molecule has 96 valence electrons. The molecule has 0 aliphatic heterocycles. The molecule has 0 saturated heterocycles. The second-order valence-corrected chi connectivity index (χ2v) is 3.98. The summed E-state index contributed by atoms with van der Waals surface area (Å²) in [7, 11) is 0. The van der Waals surface area contributed by atoms with Crippen LogP contribution in [0, 0.1) is 0 Å². The number of aromatic nitrogens is 2. The summed E-state index contributed by atoms with van der Waals surface area (Å²) in [5, 5.41) is 2.73. The number of anilines is 1. The van der Waals surface area contributed by atoms with Gasteiger partial charge >= 0.3 is 0 Å². The third-order valence-corrected chi connectivity index (χ3v) is 2.49. The summed E-state index contributed by atoms with van der Waals surface area (Å²) in [4.78, 5) is 30.7. The van der Waals surface area contributed by atoms with Gasteiger partial charge in [-0.05, 0) is 12.1 Å². The number of nitrogens with two attached hydrogens (primary N) is 1. The summed E-state index contributed by atoms with van der Waals surface area (Å²) in [5.41, 5.74) is 5.84. The van der Waals surface area contributed by atoms with Crippen molar-refractivity contribution in [1.29, 1.82) is 0 Å². The van der Waals surface area contributed by atoms with Crippen LogP contribution in [-0.4, -0.2) is 21.8 Å². The van der Waals surface area contributed by atoms with Gasteiger partial charge in [0.15, 0.2) is 0 Å². The zero-order valence-electron chi connectivity index (χ0n) is 9.63. The largest absolute Gasteiger partial charge is 0.366 e. The zero-order valence-corrected chi connectivity index (χ0v) is 10.4. The number of hydrogen-bond donors (Lipinski definition) is 2. The van der Waals surface area contributed by atoms with Gasteiger partial charge in [0, 0.05) is 0 Å². The van der Waals surface area contributed by atoms with E-state index in [1.807, 2.05) is 0 Å². The first-order valence-electron chi connectivity index (χ1n) is 5.25. The number of carbonyl (C=O) groups excluding carboxylic acids is 2. The lowest BCUT2D eigenvalue weighted by Gasteiger charge is -2.07. The van der Waals surface area contributed by atoms with Gasteiger partial charge in [0.2, 0.25) is 0 Å². The van der Waals surface area contributed by atoms with Gasteiger partial charge in [-0.2, -0.15) is 0 Å². The van der Waals surface area contributed by atoms with Crippen LogP contribution >= 0.6 is 11.6 Å². The molecule has 1 aromatic carbocycles. The highest BCUT2D eigenvalue weighted by atomic mass is 35.5. The Morgan fingerprint density at radius 3 is 2.53 bits per heavy atom. The fourth-order valence-electron chi connectivity index (χ4n) is 1.42. The Bertz CT molecular complexity index is 628. The SMILES string of the molecule is NC(=O)c1ccccc1NC(=O)c1cnc(Cl)cn1. The quantitative estimate of drug-likeness (QED) is 0.887. The lowest BCUT2D eigenvalue weighted by molar-refractivity contribution is 0.100. The molecule has 0 saturated carbocycles. The Balaban J connectivity index is 2.24. The first-order chi connectivity index (χ1) is 9.08. The summed E-state index contributed by atoms with van der Waals surface area (Å²) in [6.07, 6.45) is 2.50. The molecular formula is C12H9ClN4O2. The number of para-hydroxylation sites is 1. The molecule has 19 heavy (non-hydrogen) atoms. The maximum Gasteiger partial charge on any atom is 0.275 e. The van der Waals surface area contributed by atoms with Crippen molar-refractivity contribution >= 4 is 29.1 Å². The lowest BCUT2D eigenvalue weighted by atomic mass is 10.1. The first kappa shape index (κ1) is 13.0. The number of halogens is 1. The minimum absolute atomic E-state index is 0.0867. The third kappa shape index (κ3) is 3.05. The summed E-state index contributed by atoms with van der Waals surface area (Å²) in [6, 6.07) is 6.42. The number of benzene rings is 1. The van der Waals surface area contributed by atoms with Crippen molar-refractivity contribution < 1.29 is 9.59 Å². The molecule has 0 bridgehead atoms. The number of carbonyl (C=O) groups is 2. The number of nitrogens with zero attached hydrogens (tertiary/aromatic N) is 2. The Morgan fingerprint density at radius 1 is 1.16 bits per heavy atom. The van der Waals surface area contributed by atoms with Gasteiger partial charge in [0.25, 0.3) is 11.8 Å². The van der Waals surface area contributed by atoms with Crippen molar-refractivity contribution in [2.24, 2.45) is 5.73 Å². The molecule has 0 atom stereocenters. The molecule has 2 amide bonds.